The van der Waals surface area contributed by atoms with Gasteiger partial charge < -0.3 is 14.4 Å². The SMILES string of the molecule is CC(=O)O[C@H](C)c1ccc([N+](=O)[O-])c(Oc2cccc(C(=O)N(C)C)c2)c1. The summed E-state index contributed by atoms with van der Waals surface area (Å²) in [5.74, 6) is -0.403. The Labute approximate surface area is 156 Å². The van der Waals surface area contributed by atoms with Crippen LogP contribution in [0, 0.1) is 10.1 Å². The van der Waals surface area contributed by atoms with E-state index in [2.05, 4.69) is 0 Å². The Hall–Kier alpha value is -3.42. The Morgan fingerprint density at radius 1 is 1.15 bits per heavy atom. The minimum Gasteiger partial charge on any atom is -0.458 e. The summed E-state index contributed by atoms with van der Waals surface area (Å²) < 4.78 is 10.8. The minimum atomic E-state index is -0.590. The average molecular weight is 372 g/mol. The van der Waals surface area contributed by atoms with Crippen molar-refractivity contribution >= 4 is 17.6 Å². The van der Waals surface area contributed by atoms with E-state index in [0.29, 0.717) is 11.1 Å². The molecular formula is C19H20N2O6. The van der Waals surface area contributed by atoms with Gasteiger partial charge in [0.15, 0.2) is 0 Å². The standard InChI is InChI=1S/C19H20N2O6/c1-12(26-13(2)22)14-8-9-17(21(24)25)18(11-14)27-16-7-5-6-15(10-16)19(23)20(3)4/h5-12H,1-4H3/t12-/m1/s1. The molecule has 0 aliphatic rings. The Kier molecular flexibility index (Phi) is 6.12. The molecule has 8 nitrogen and oxygen atoms in total. The van der Waals surface area contributed by atoms with Gasteiger partial charge in [0, 0.05) is 32.6 Å². The molecule has 2 aromatic rings. The number of carbonyl (C=O) groups is 2. The zero-order chi connectivity index (χ0) is 20.1. The molecule has 0 heterocycles. The highest BCUT2D eigenvalue weighted by Crippen LogP contribution is 2.34. The molecule has 0 unspecified atom stereocenters. The Balaban J connectivity index is 2.39. The molecule has 0 saturated carbocycles. The van der Waals surface area contributed by atoms with E-state index in [-0.39, 0.29) is 23.1 Å². The molecule has 142 valence electrons. The first-order valence-electron chi connectivity index (χ1n) is 8.14. The molecular weight excluding hydrogens is 352 g/mol. The van der Waals surface area contributed by atoms with Crippen LogP contribution in [0.4, 0.5) is 5.69 Å². The van der Waals surface area contributed by atoms with Gasteiger partial charge in [0.05, 0.1) is 4.92 Å². The van der Waals surface area contributed by atoms with Crippen LogP contribution in [0.25, 0.3) is 0 Å². The average Bonchev–Trinajstić information content (AvgIpc) is 2.60. The van der Waals surface area contributed by atoms with Gasteiger partial charge in [0.1, 0.15) is 11.9 Å². The van der Waals surface area contributed by atoms with Gasteiger partial charge in [0.2, 0.25) is 5.75 Å². The zero-order valence-electron chi connectivity index (χ0n) is 15.5. The fourth-order valence-electron chi connectivity index (χ4n) is 2.41. The van der Waals surface area contributed by atoms with Crippen LogP contribution in [-0.4, -0.2) is 35.8 Å². The van der Waals surface area contributed by atoms with E-state index in [9.17, 15) is 19.7 Å². The summed E-state index contributed by atoms with van der Waals surface area (Å²) in [6.07, 6.45) is -0.590. The molecule has 0 aliphatic heterocycles. The summed E-state index contributed by atoms with van der Waals surface area (Å²) in [6, 6.07) is 10.6. The number of amides is 1. The highest BCUT2D eigenvalue weighted by molar-refractivity contribution is 5.94. The molecule has 0 spiro atoms. The number of carbonyl (C=O) groups excluding carboxylic acids is 2. The summed E-state index contributed by atoms with van der Waals surface area (Å²) in [6.45, 7) is 2.94. The van der Waals surface area contributed by atoms with Gasteiger partial charge in [-0.1, -0.05) is 6.07 Å². The van der Waals surface area contributed by atoms with Crippen LogP contribution in [-0.2, 0) is 9.53 Å². The van der Waals surface area contributed by atoms with Gasteiger partial charge >= 0.3 is 11.7 Å². The van der Waals surface area contributed by atoms with Crippen LogP contribution in [0.5, 0.6) is 11.5 Å². The fraction of sp³-hybridized carbons (Fsp3) is 0.263. The molecule has 0 radical (unpaired) electrons. The summed E-state index contributed by atoms with van der Waals surface area (Å²) in [5, 5.41) is 11.3. The number of nitro benzene ring substituents is 1. The number of ether oxygens (including phenoxy) is 2. The third kappa shape index (κ3) is 5.04. The summed E-state index contributed by atoms with van der Waals surface area (Å²) in [4.78, 5) is 35.4. The monoisotopic (exact) mass is 372 g/mol. The van der Waals surface area contributed by atoms with Crippen LogP contribution >= 0.6 is 0 Å². The number of nitrogens with zero attached hydrogens (tertiary/aromatic N) is 2. The first kappa shape index (κ1) is 19.9. The number of rotatable bonds is 6. The van der Waals surface area contributed by atoms with Gasteiger partial charge in [-0.3, -0.25) is 19.7 Å². The van der Waals surface area contributed by atoms with Crippen molar-refractivity contribution in [3.8, 4) is 11.5 Å². The predicted octanol–water partition coefficient (Wildman–Crippen LogP) is 3.71. The van der Waals surface area contributed by atoms with Crippen LogP contribution in [0.2, 0.25) is 0 Å². The second-order valence-corrected chi connectivity index (χ2v) is 6.07. The van der Waals surface area contributed by atoms with Crippen molar-refractivity contribution in [2.45, 2.75) is 20.0 Å². The maximum absolute atomic E-state index is 12.1. The van der Waals surface area contributed by atoms with Crippen molar-refractivity contribution in [3.05, 3.63) is 63.7 Å². The second kappa shape index (κ2) is 8.31. The minimum absolute atomic E-state index is 0.00838. The number of hydrogen-bond donors (Lipinski definition) is 0. The Morgan fingerprint density at radius 3 is 2.44 bits per heavy atom. The third-order valence-corrected chi connectivity index (χ3v) is 3.71. The smallest absolute Gasteiger partial charge is 0.311 e. The lowest BCUT2D eigenvalue weighted by Crippen LogP contribution is -2.21. The van der Waals surface area contributed by atoms with E-state index >= 15 is 0 Å². The van der Waals surface area contributed by atoms with Crippen LogP contribution in [0.3, 0.4) is 0 Å². The van der Waals surface area contributed by atoms with Gasteiger partial charge in [-0.15, -0.1) is 0 Å². The van der Waals surface area contributed by atoms with E-state index < -0.39 is 17.0 Å². The summed E-state index contributed by atoms with van der Waals surface area (Å²) in [5.41, 5.74) is 0.703. The lowest BCUT2D eigenvalue weighted by atomic mass is 10.1. The van der Waals surface area contributed by atoms with E-state index in [4.69, 9.17) is 9.47 Å². The number of esters is 1. The molecule has 27 heavy (non-hydrogen) atoms. The van der Waals surface area contributed by atoms with E-state index in [0.717, 1.165) is 0 Å². The van der Waals surface area contributed by atoms with Crippen molar-refractivity contribution < 1.29 is 24.0 Å². The highest BCUT2D eigenvalue weighted by atomic mass is 16.6. The van der Waals surface area contributed by atoms with Crippen LogP contribution < -0.4 is 4.74 Å². The number of nitro groups is 1. The molecule has 2 aromatic carbocycles. The van der Waals surface area contributed by atoms with Gasteiger partial charge in [-0.2, -0.15) is 0 Å². The third-order valence-electron chi connectivity index (χ3n) is 3.71. The molecule has 1 amide bonds. The van der Waals surface area contributed by atoms with Gasteiger partial charge in [0.25, 0.3) is 5.91 Å². The Morgan fingerprint density at radius 2 is 1.85 bits per heavy atom. The molecule has 8 heteroatoms. The first-order valence-corrected chi connectivity index (χ1v) is 8.14. The molecule has 0 aromatic heterocycles. The first-order chi connectivity index (χ1) is 12.7. The van der Waals surface area contributed by atoms with E-state index in [1.807, 2.05) is 0 Å². The topological polar surface area (TPSA) is 99.0 Å². The lowest BCUT2D eigenvalue weighted by molar-refractivity contribution is -0.385. The zero-order valence-corrected chi connectivity index (χ0v) is 15.5. The number of benzene rings is 2. The highest BCUT2D eigenvalue weighted by Gasteiger charge is 2.20. The summed E-state index contributed by atoms with van der Waals surface area (Å²) >= 11 is 0. The van der Waals surface area contributed by atoms with E-state index in [1.54, 1.807) is 39.2 Å². The molecule has 0 saturated heterocycles. The largest absolute Gasteiger partial charge is 0.458 e. The predicted molar refractivity (Wildman–Crippen MR) is 97.8 cm³/mol. The van der Waals surface area contributed by atoms with Crippen molar-refractivity contribution in [3.63, 3.8) is 0 Å². The van der Waals surface area contributed by atoms with Crippen LogP contribution in [0.15, 0.2) is 42.5 Å². The molecule has 0 bridgehead atoms. The maximum Gasteiger partial charge on any atom is 0.311 e. The lowest BCUT2D eigenvalue weighted by Gasteiger charge is -2.15. The Bertz CT molecular complexity index is 878. The van der Waals surface area contributed by atoms with Gasteiger partial charge in [-0.05, 0) is 42.8 Å². The molecule has 1 atom stereocenters. The summed E-state index contributed by atoms with van der Waals surface area (Å²) in [7, 11) is 3.25. The molecule has 0 fully saturated rings. The fourth-order valence-corrected chi connectivity index (χ4v) is 2.41. The molecule has 0 N–H and O–H groups in total. The van der Waals surface area contributed by atoms with Crippen molar-refractivity contribution in [1.82, 2.24) is 4.90 Å². The molecule has 0 aliphatic carbocycles. The second-order valence-electron chi connectivity index (χ2n) is 6.07. The van der Waals surface area contributed by atoms with Crippen molar-refractivity contribution in [2.24, 2.45) is 0 Å². The number of hydrogen-bond acceptors (Lipinski definition) is 6. The van der Waals surface area contributed by atoms with Crippen molar-refractivity contribution in [2.75, 3.05) is 14.1 Å². The van der Waals surface area contributed by atoms with Crippen LogP contribution in [0.1, 0.15) is 35.9 Å². The quantitative estimate of drug-likeness (QED) is 0.435. The van der Waals surface area contributed by atoms with Crippen molar-refractivity contribution in [1.29, 1.82) is 0 Å². The maximum atomic E-state index is 12.1. The normalized spacial score (nSPS) is 11.4. The molecule has 2 rings (SSSR count). The van der Waals surface area contributed by atoms with E-state index in [1.165, 1.54) is 36.1 Å². The van der Waals surface area contributed by atoms with Gasteiger partial charge in [-0.25, -0.2) is 0 Å².